The first-order valence-corrected chi connectivity index (χ1v) is 13.0. The number of halogens is 2. The van der Waals surface area contributed by atoms with E-state index >= 15 is 0 Å². The molecule has 0 spiro atoms. The average Bonchev–Trinajstić information content (AvgIpc) is 2.75. The maximum absolute atomic E-state index is 11.8. The standard InChI is InChI=1S/C23H29Cl2NO6S/c1-5-17(27)13-32-22-20(24)10-16(11-21(22)25)23(2,3)15-6-8-19(9-7-15)31-14-18(28)12-26-33(4,29)30/h6-11,17,26-27H,5,12-14H2,1-4H3/t17-/m1/s1. The molecule has 0 aliphatic heterocycles. The number of rotatable bonds is 12. The van der Waals surface area contributed by atoms with Gasteiger partial charge in [0, 0.05) is 5.41 Å². The Bertz CT molecular complexity index is 1050. The van der Waals surface area contributed by atoms with Crippen LogP contribution in [-0.4, -0.2) is 51.4 Å². The van der Waals surface area contributed by atoms with Crippen molar-refractivity contribution in [3.63, 3.8) is 0 Å². The van der Waals surface area contributed by atoms with Crippen molar-refractivity contribution in [3.05, 3.63) is 57.6 Å². The quantitative estimate of drug-likeness (QED) is 0.441. The highest BCUT2D eigenvalue weighted by Crippen LogP contribution is 2.40. The van der Waals surface area contributed by atoms with Gasteiger partial charge in [-0.15, -0.1) is 0 Å². The fourth-order valence-corrected chi connectivity index (χ4v) is 3.94. The molecule has 2 N–H and O–H groups in total. The Balaban J connectivity index is 2.09. The van der Waals surface area contributed by atoms with E-state index in [2.05, 4.69) is 4.72 Å². The predicted molar refractivity (Wildman–Crippen MR) is 130 cm³/mol. The highest BCUT2D eigenvalue weighted by molar-refractivity contribution is 7.88. The van der Waals surface area contributed by atoms with Gasteiger partial charge < -0.3 is 14.6 Å². The Kier molecular flexibility index (Phi) is 9.58. The zero-order chi connectivity index (χ0) is 24.8. The minimum Gasteiger partial charge on any atom is -0.488 e. The lowest BCUT2D eigenvalue weighted by Gasteiger charge is -2.27. The molecule has 0 heterocycles. The van der Waals surface area contributed by atoms with Gasteiger partial charge in [0.1, 0.15) is 19.0 Å². The van der Waals surface area contributed by atoms with E-state index in [0.717, 1.165) is 17.4 Å². The number of Topliss-reactive ketones (excluding diaryl/α,β-unsaturated/α-hetero) is 1. The Morgan fingerprint density at radius 1 is 1.09 bits per heavy atom. The smallest absolute Gasteiger partial charge is 0.209 e. The van der Waals surface area contributed by atoms with Gasteiger partial charge in [-0.3, -0.25) is 4.79 Å². The molecule has 0 aliphatic rings. The summed E-state index contributed by atoms with van der Waals surface area (Å²) in [4.78, 5) is 11.8. The molecule has 0 saturated carbocycles. The van der Waals surface area contributed by atoms with Gasteiger partial charge in [-0.25, -0.2) is 13.1 Å². The van der Waals surface area contributed by atoms with Gasteiger partial charge in [-0.2, -0.15) is 0 Å². The van der Waals surface area contributed by atoms with Gasteiger partial charge in [0.15, 0.2) is 11.5 Å². The van der Waals surface area contributed by atoms with Crippen molar-refractivity contribution < 1.29 is 27.8 Å². The summed E-state index contributed by atoms with van der Waals surface area (Å²) >= 11 is 12.8. The first-order valence-electron chi connectivity index (χ1n) is 10.3. The molecule has 0 aliphatic carbocycles. The molecular formula is C23H29Cl2NO6S. The molecule has 2 rings (SSSR count). The molecule has 0 radical (unpaired) electrons. The van der Waals surface area contributed by atoms with E-state index in [1.807, 2.05) is 32.9 Å². The van der Waals surface area contributed by atoms with Crippen molar-refractivity contribution in [2.75, 3.05) is 26.0 Å². The number of hydrogen-bond donors (Lipinski definition) is 2. The van der Waals surface area contributed by atoms with Crippen LogP contribution in [-0.2, 0) is 20.2 Å². The third-order valence-corrected chi connectivity index (χ3v) is 6.35. The Hall–Kier alpha value is -1.84. The molecule has 0 aromatic heterocycles. The Morgan fingerprint density at radius 3 is 2.18 bits per heavy atom. The lowest BCUT2D eigenvalue weighted by molar-refractivity contribution is -0.119. The number of carbonyl (C=O) groups is 1. The minimum absolute atomic E-state index is 0.104. The number of ketones is 1. The van der Waals surface area contributed by atoms with Crippen LogP contribution >= 0.6 is 23.2 Å². The summed E-state index contributed by atoms with van der Waals surface area (Å²) in [6, 6.07) is 10.8. The van der Waals surface area contributed by atoms with Gasteiger partial charge in [0.25, 0.3) is 0 Å². The molecule has 0 unspecified atom stereocenters. The van der Waals surface area contributed by atoms with Gasteiger partial charge in [-0.05, 0) is 41.8 Å². The molecule has 7 nitrogen and oxygen atoms in total. The SMILES string of the molecule is CC[C@@H](O)COc1c(Cl)cc(C(C)(C)c2ccc(OCC(=O)CNS(C)(=O)=O)cc2)cc1Cl. The summed E-state index contributed by atoms with van der Waals surface area (Å²) in [7, 11) is -3.43. The second-order valence-corrected chi connectivity index (χ2v) is 10.9. The van der Waals surface area contributed by atoms with Crippen LogP contribution in [0.25, 0.3) is 0 Å². The number of hydrogen-bond acceptors (Lipinski definition) is 6. The van der Waals surface area contributed by atoms with Crippen molar-refractivity contribution in [1.29, 1.82) is 0 Å². The van der Waals surface area contributed by atoms with Crippen molar-refractivity contribution in [3.8, 4) is 11.5 Å². The first kappa shape index (κ1) is 27.4. The summed E-state index contributed by atoms with van der Waals surface area (Å²) in [5.41, 5.74) is 1.38. The number of nitrogens with one attached hydrogen (secondary N) is 1. The molecular weight excluding hydrogens is 489 g/mol. The van der Waals surface area contributed by atoms with E-state index in [9.17, 15) is 18.3 Å². The van der Waals surface area contributed by atoms with Crippen LogP contribution in [0.3, 0.4) is 0 Å². The minimum atomic E-state index is -3.43. The molecule has 2 aromatic carbocycles. The lowest BCUT2D eigenvalue weighted by atomic mass is 9.78. The highest BCUT2D eigenvalue weighted by atomic mass is 35.5. The molecule has 10 heteroatoms. The zero-order valence-corrected chi connectivity index (χ0v) is 21.4. The number of aliphatic hydroxyl groups excluding tert-OH is 1. The molecule has 182 valence electrons. The third kappa shape index (κ3) is 8.15. The second-order valence-electron chi connectivity index (χ2n) is 8.21. The average molecular weight is 518 g/mol. The van der Waals surface area contributed by atoms with E-state index in [0.29, 0.717) is 28.0 Å². The van der Waals surface area contributed by atoms with E-state index in [4.69, 9.17) is 32.7 Å². The number of benzene rings is 2. The maximum atomic E-state index is 11.8. The number of ether oxygens (including phenoxy) is 2. The van der Waals surface area contributed by atoms with Crippen molar-refractivity contribution in [1.82, 2.24) is 4.72 Å². The molecule has 0 bridgehead atoms. The number of aliphatic hydroxyl groups is 1. The third-order valence-electron chi connectivity index (χ3n) is 5.12. The summed E-state index contributed by atoms with van der Waals surface area (Å²) in [5.74, 6) is 0.434. The first-order chi connectivity index (χ1) is 15.3. The fraction of sp³-hybridized carbons (Fsp3) is 0.435. The maximum Gasteiger partial charge on any atom is 0.209 e. The van der Waals surface area contributed by atoms with Crippen molar-refractivity contribution >= 4 is 39.0 Å². The van der Waals surface area contributed by atoms with E-state index in [-0.39, 0.29) is 25.5 Å². The number of sulfonamides is 1. The van der Waals surface area contributed by atoms with Gasteiger partial charge >= 0.3 is 0 Å². The summed E-state index contributed by atoms with van der Waals surface area (Å²) in [6.45, 7) is 5.44. The summed E-state index contributed by atoms with van der Waals surface area (Å²) in [6.07, 6.45) is 0.950. The van der Waals surface area contributed by atoms with Crippen LogP contribution in [0, 0.1) is 0 Å². The molecule has 33 heavy (non-hydrogen) atoms. The van der Waals surface area contributed by atoms with Gasteiger partial charge in [0.05, 0.1) is 28.9 Å². The number of carbonyl (C=O) groups excluding carboxylic acids is 1. The van der Waals surface area contributed by atoms with Gasteiger partial charge in [0.2, 0.25) is 10.0 Å². The lowest BCUT2D eigenvalue weighted by Crippen LogP contribution is -2.31. The molecule has 2 aromatic rings. The normalized spacial score (nSPS) is 12.9. The van der Waals surface area contributed by atoms with Crippen LogP contribution in [0.2, 0.25) is 10.0 Å². The van der Waals surface area contributed by atoms with Crippen LogP contribution in [0.5, 0.6) is 11.5 Å². The largest absolute Gasteiger partial charge is 0.488 e. The van der Waals surface area contributed by atoms with Crippen molar-refractivity contribution in [2.45, 2.75) is 38.7 Å². The second kappa shape index (κ2) is 11.5. The van der Waals surface area contributed by atoms with Crippen LogP contribution < -0.4 is 14.2 Å². The molecule has 0 amide bonds. The monoisotopic (exact) mass is 517 g/mol. The topological polar surface area (TPSA) is 102 Å². The van der Waals surface area contributed by atoms with E-state index < -0.39 is 21.5 Å². The molecule has 1 atom stereocenters. The van der Waals surface area contributed by atoms with Gasteiger partial charge in [-0.1, -0.05) is 56.1 Å². The predicted octanol–water partition coefficient (Wildman–Crippen LogP) is 3.97. The zero-order valence-electron chi connectivity index (χ0n) is 19.0. The van der Waals surface area contributed by atoms with E-state index in [1.54, 1.807) is 24.3 Å². The summed E-state index contributed by atoms with van der Waals surface area (Å²) in [5, 5.41) is 10.4. The highest BCUT2D eigenvalue weighted by Gasteiger charge is 2.26. The van der Waals surface area contributed by atoms with Crippen LogP contribution in [0.15, 0.2) is 36.4 Å². The summed E-state index contributed by atoms with van der Waals surface area (Å²) < 4.78 is 35.3. The Labute approximate surface area is 205 Å². The van der Waals surface area contributed by atoms with Crippen LogP contribution in [0.4, 0.5) is 0 Å². The van der Waals surface area contributed by atoms with E-state index in [1.165, 1.54) is 0 Å². The van der Waals surface area contributed by atoms with Crippen molar-refractivity contribution in [2.24, 2.45) is 0 Å². The molecule has 0 fully saturated rings. The van der Waals surface area contributed by atoms with Crippen LogP contribution in [0.1, 0.15) is 38.3 Å². The molecule has 0 saturated heterocycles. The Morgan fingerprint density at radius 2 is 1.67 bits per heavy atom. The fourth-order valence-electron chi connectivity index (χ4n) is 2.92.